The molecular formula is C22H22ClF3IN5OSi. The molecule has 4 rings (SSSR count). The quantitative estimate of drug-likeness (QED) is 0.0851. The highest BCUT2D eigenvalue weighted by Gasteiger charge is 2.24. The number of nitrogens with zero attached hydrogens (tertiary/aromatic N) is 4. The van der Waals surface area contributed by atoms with Gasteiger partial charge in [-0.05, 0) is 30.3 Å². The van der Waals surface area contributed by atoms with Crippen LogP contribution in [0.1, 0.15) is 0 Å². The number of benzene rings is 1. The molecule has 6 nitrogen and oxygen atoms in total. The third kappa shape index (κ3) is 4.83. The summed E-state index contributed by atoms with van der Waals surface area (Å²) in [7, 11) is -1.25. The summed E-state index contributed by atoms with van der Waals surface area (Å²) in [6, 6.07) is 5.93. The van der Waals surface area contributed by atoms with Crippen LogP contribution in [0, 0.1) is 21.4 Å². The average molecular weight is 620 g/mol. The maximum atomic E-state index is 15.6. The van der Waals surface area contributed by atoms with Crippen LogP contribution in [0.3, 0.4) is 0 Å². The number of aromatic nitrogens is 4. The fourth-order valence-corrected chi connectivity index (χ4v) is 5.14. The zero-order valence-corrected chi connectivity index (χ0v) is 22.6. The summed E-state index contributed by atoms with van der Waals surface area (Å²) < 4.78 is 53.5. The van der Waals surface area contributed by atoms with Crippen LogP contribution in [0.15, 0.2) is 30.5 Å². The molecule has 4 aromatic rings. The van der Waals surface area contributed by atoms with Gasteiger partial charge in [-0.15, -0.1) is 0 Å². The maximum absolute atomic E-state index is 15.6. The van der Waals surface area contributed by atoms with Crippen molar-refractivity contribution in [1.82, 2.24) is 18.9 Å². The highest BCUT2D eigenvalue weighted by molar-refractivity contribution is 14.1. The van der Waals surface area contributed by atoms with E-state index in [1.165, 1.54) is 16.5 Å². The summed E-state index contributed by atoms with van der Waals surface area (Å²) in [6.07, 6.45) is 1.62. The van der Waals surface area contributed by atoms with Crippen LogP contribution in [-0.2, 0) is 11.5 Å². The molecule has 2 N–H and O–H groups in total. The predicted octanol–water partition coefficient (Wildman–Crippen LogP) is 6.43. The Bertz CT molecular complexity index is 1390. The van der Waals surface area contributed by atoms with Crippen LogP contribution >= 0.6 is 34.2 Å². The standard InChI is InChI=1S/C22H22ClF3IN5OSi/c1-34(2,3)9-8-33-11-31-10-16(23)29-21(31)19-15-7-4-12(20(26)32(15)22(27)30-19)17-13(24)5-6-14(28)18(17)25/h4-7,10H,8-9,11,28H2,1-3H3. The fourth-order valence-electron chi connectivity index (χ4n) is 3.48. The molecule has 0 aliphatic heterocycles. The van der Waals surface area contributed by atoms with Gasteiger partial charge >= 0.3 is 0 Å². The van der Waals surface area contributed by atoms with Crippen molar-refractivity contribution in [2.75, 3.05) is 12.3 Å². The van der Waals surface area contributed by atoms with Crippen molar-refractivity contribution < 1.29 is 17.9 Å². The van der Waals surface area contributed by atoms with E-state index in [2.05, 4.69) is 29.6 Å². The molecule has 0 saturated heterocycles. The van der Waals surface area contributed by atoms with Crippen LogP contribution in [-0.4, -0.2) is 33.6 Å². The van der Waals surface area contributed by atoms with Gasteiger partial charge in [0, 0.05) is 49.0 Å². The van der Waals surface area contributed by atoms with E-state index in [1.54, 1.807) is 10.8 Å². The van der Waals surface area contributed by atoms with Crippen LogP contribution in [0.2, 0.25) is 30.8 Å². The summed E-state index contributed by atoms with van der Waals surface area (Å²) in [5.41, 5.74) is 5.22. The Morgan fingerprint density at radius 2 is 1.85 bits per heavy atom. The van der Waals surface area contributed by atoms with Gasteiger partial charge in [0.1, 0.15) is 23.4 Å². The van der Waals surface area contributed by atoms with Crippen LogP contribution in [0.5, 0.6) is 0 Å². The first-order chi connectivity index (χ1) is 16.0. The Kier molecular flexibility index (Phi) is 7.00. The number of hydrogen-bond acceptors (Lipinski definition) is 4. The number of nitrogens with two attached hydrogens (primary N) is 1. The van der Waals surface area contributed by atoms with Crippen LogP contribution < -0.4 is 5.73 Å². The lowest BCUT2D eigenvalue weighted by Crippen LogP contribution is -2.22. The second-order valence-corrected chi connectivity index (χ2v) is 16.0. The van der Waals surface area contributed by atoms with Gasteiger partial charge in [0.25, 0.3) is 0 Å². The van der Waals surface area contributed by atoms with Gasteiger partial charge in [-0.2, -0.15) is 4.39 Å². The Labute approximate surface area is 214 Å². The molecule has 12 heteroatoms. The third-order valence-corrected chi connectivity index (χ3v) is 7.88. The smallest absolute Gasteiger partial charge is 0.208 e. The van der Waals surface area contributed by atoms with Gasteiger partial charge in [0.2, 0.25) is 5.95 Å². The summed E-state index contributed by atoms with van der Waals surface area (Å²) in [4.78, 5) is 8.81. The number of fused-ring (bicyclic) bond motifs is 1. The van der Waals surface area contributed by atoms with Gasteiger partial charge in [0.05, 0.1) is 16.8 Å². The molecule has 34 heavy (non-hydrogen) atoms. The Balaban J connectivity index is 1.76. The monoisotopic (exact) mass is 619 g/mol. The molecule has 180 valence electrons. The first-order valence-corrected chi connectivity index (χ1v) is 15.6. The van der Waals surface area contributed by atoms with E-state index in [4.69, 9.17) is 22.1 Å². The number of rotatable bonds is 7. The van der Waals surface area contributed by atoms with Gasteiger partial charge in [-0.1, -0.05) is 31.2 Å². The van der Waals surface area contributed by atoms with Crippen molar-refractivity contribution in [3.8, 4) is 22.6 Å². The first-order valence-electron chi connectivity index (χ1n) is 10.4. The molecule has 0 saturated carbocycles. The summed E-state index contributed by atoms with van der Waals surface area (Å²) in [6.45, 7) is 7.59. The van der Waals surface area contributed by atoms with Crippen molar-refractivity contribution in [1.29, 1.82) is 0 Å². The second-order valence-electron chi connectivity index (χ2n) is 9.02. The van der Waals surface area contributed by atoms with Crippen molar-refractivity contribution in [2.24, 2.45) is 0 Å². The molecule has 0 fully saturated rings. The number of hydrogen-bond donors (Lipinski definition) is 1. The lowest BCUT2D eigenvalue weighted by atomic mass is 10.0. The zero-order chi connectivity index (χ0) is 24.8. The number of ether oxygens (including phenoxy) is 1. The van der Waals surface area contributed by atoms with Crippen LogP contribution in [0.25, 0.3) is 28.2 Å². The predicted molar refractivity (Wildman–Crippen MR) is 138 cm³/mol. The van der Waals surface area contributed by atoms with E-state index in [-0.39, 0.29) is 27.0 Å². The van der Waals surface area contributed by atoms with Crippen molar-refractivity contribution in [2.45, 2.75) is 32.4 Å². The van der Waals surface area contributed by atoms with E-state index < -0.39 is 31.2 Å². The summed E-state index contributed by atoms with van der Waals surface area (Å²) in [5.74, 6) is -2.42. The molecule has 3 aromatic heterocycles. The van der Waals surface area contributed by atoms with Crippen molar-refractivity contribution >= 4 is 53.5 Å². The molecule has 0 aliphatic rings. The third-order valence-electron chi connectivity index (χ3n) is 5.27. The number of imidazole rings is 2. The molecule has 0 bridgehead atoms. The minimum Gasteiger partial charge on any atom is -0.396 e. The van der Waals surface area contributed by atoms with E-state index in [0.29, 0.717) is 23.6 Å². The largest absolute Gasteiger partial charge is 0.396 e. The lowest BCUT2D eigenvalue weighted by molar-refractivity contribution is 0.0882. The normalized spacial score (nSPS) is 12.1. The van der Waals surface area contributed by atoms with Gasteiger partial charge in [0.15, 0.2) is 15.5 Å². The average Bonchev–Trinajstić information content (AvgIpc) is 3.29. The van der Waals surface area contributed by atoms with Crippen molar-refractivity contribution in [3.63, 3.8) is 0 Å². The SMILES string of the molecule is C[Si](C)(C)CCOCn1cc(Cl)nc1-c1nc(I)n2c(F)c(-c3c(F)ccc(N)c3F)ccc12. The number of halogens is 5. The molecule has 3 heterocycles. The highest BCUT2D eigenvalue weighted by Crippen LogP contribution is 2.35. The van der Waals surface area contributed by atoms with E-state index in [9.17, 15) is 8.78 Å². The Morgan fingerprint density at radius 1 is 1.12 bits per heavy atom. The topological polar surface area (TPSA) is 70.4 Å². The second kappa shape index (κ2) is 9.51. The van der Waals surface area contributed by atoms with E-state index >= 15 is 4.39 Å². The zero-order valence-electron chi connectivity index (χ0n) is 18.7. The molecule has 0 unspecified atom stereocenters. The van der Waals surface area contributed by atoms with Gasteiger partial charge in [-0.3, -0.25) is 4.40 Å². The molecule has 0 amide bonds. The lowest BCUT2D eigenvalue weighted by Gasteiger charge is -2.16. The minimum atomic E-state index is -1.25. The number of anilines is 1. The van der Waals surface area contributed by atoms with E-state index in [0.717, 1.165) is 18.2 Å². The fraction of sp³-hybridized carbons (Fsp3) is 0.273. The molecule has 0 aliphatic carbocycles. The van der Waals surface area contributed by atoms with Crippen molar-refractivity contribution in [3.05, 3.63) is 57.0 Å². The molecule has 0 spiro atoms. The Hall–Kier alpha value is -2.09. The van der Waals surface area contributed by atoms with Gasteiger partial charge in [-0.25, -0.2) is 18.7 Å². The van der Waals surface area contributed by atoms with E-state index in [1.807, 2.05) is 22.6 Å². The maximum Gasteiger partial charge on any atom is 0.208 e. The molecule has 0 radical (unpaired) electrons. The molecular weight excluding hydrogens is 598 g/mol. The summed E-state index contributed by atoms with van der Waals surface area (Å²) >= 11 is 8.02. The number of pyridine rings is 1. The number of nitrogen functional groups attached to an aromatic ring is 1. The minimum absolute atomic E-state index is 0.204. The van der Waals surface area contributed by atoms with Crippen LogP contribution in [0.4, 0.5) is 18.9 Å². The van der Waals surface area contributed by atoms with Gasteiger partial charge < -0.3 is 15.0 Å². The Morgan fingerprint density at radius 3 is 2.56 bits per heavy atom. The highest BCUT2D eigenvalue weighted by atomic mass is 127. The molecule has 1 aromatic carbocycles. The molecule has 0 atom stereocenters. The summed E-state index contributed by atoms with van der Waals surface area (Å²) in [5, 5.41) is 0.237. The first kappa shape index (κ1) is 25.0.